The van der Waals surface area contributed by atoms with Crippen LogP contribution in [0.5, 0.6) is 17.2 Å². The lowest BCUT2D eigenvalue weighted by Gasteiger charge is -2.05. The van der Waals surface area contributed by atoms with Crippen LogP contribution in [0.25, 0.3) is 6.08 Å². The normalized spacial score (nSPS) is 13.0. The first-order valence-corrected chi connectivity index (χ1v) is 4.98. The predicted molar refractivity (Wildman–Crippen MR) is 60.3 cm³/mol. The summed E-state index contributed by atoms with van der Waals surface area (Å²) in [6, 6.07) is 4.77. The van der Waals surface area contributed by atoms with E-state index in [1.165, 1.54) is 13.2 Å². The molecule has 0 radical (unpaired) electrons. The van der Waals surface area contributed by atoms with Crippen molar-refractivity contribution in [3.63, 3.8) is 0 Å². The highest BCUT2D eigenvalue weighted by molar-refractivity contribution is 5.96. The molecule has 0 aromatic heterocycles. The van der Waals surface area contributed by atoms with Crippen LogP contribution >= 0.6 is 0 Å². The average Bonchev–Trinajstić information content (AvgIpc) is 2.82. The second-order valence-electron chi connectivity index (χ2n) is 3.43. The lowest BCUT2D eigenvalue weighted by Crippen LogP contribution is -1.97. The molecule has 6 heteroatoms. The van der Waals surface area contributed by atoms with Gasteiger partial charge in [0.15, 0.2) is 11.5 Å². The first-order valence-electron chi connectivity index (χ1n) is 4.98. The van der Waals surface area contributed by atoms with Gasteiger partial charge in [-0.05, 0) is 23.8 Å². The SMILES string of the molecule is COc1cc(/C=C(\C#N)C(=O)O)cc2c1OCO2. The van der Waals surface area contributed by atoms with Crippen molar-refractivity contribution >= 4 is 12.0 Å². The summed E-state index contributed by atoms with van der Waals surface area (Å²) in [5.41, 5.74) is 0.131. The zero-order valence-corrected chi connectivity index (χ0v) is 9.47. The van der Waals surface area contributed by atoms with Crippen LogP contribution in [0.3, 0.4) is 0 Å². The fourth-order valence-corrected chi connectivity index (χ4v) is 1.54. The highest BCUT2D eigenvalue weighted by Gasteiger charge is 2.20. The summed E-state index contributed by atoms with van der Waals surface area (Å²) >= 11 is 0. The number of nitrogens with zero attached hydrogens (tertiary/aromatic N) is 1. The summed E-state index contributed by atoms with van der Waals surface area (Å²) in [6.07, 6.45) is 1.24. The number of carboxylic acids is 1. The van der Waals surface area contributed by atoms with Crippen molar-refractivity contribution < 1.29 is 24.1 Å². The summed E-state index contributed by atoms with van der Waals surface area (Å²) in [7, 11) is 1.47. The van der Waals surface area contributed by atoms with Crippen LogP contribution < -0.4 is 14.2 Å². The minimum atomic E-state index is -1.28. The number of benzene rings is 1. The molecule has 6 nitrogen and oxygen atoms in total. The van der Waals surface area contributed by atoms with Gasteiger partial charge in [0.2, 0.25) is 12.5 Å². The van der Waals surface area contributed by atoms with Crippen LogP contribution in [0.2, 0.25) is 0 Å². The van der Waals surface area contributed by atoms with E-state index in [0.29, 0.717) is 22.8 Å². The molecule has 1 aliphatic heterocycles. The molecule has 0 amide bonds. The molecule has 0 spiro atoms. The van der Waals surface area contributed by atoms with Crippen LogP contribution in [0.1, 0.15) is 5.56 Å². The lowest BCUT2D eigenvalue weighted by atomic mass is 10.1. The van der Waals surface area contributed by atoms with Crippen LogP contribution in [-0.4, -0.2) is 25.0 Å². The third kappa shape index (κ3) is 2.06. The third-order valence-corrected chi connectivity index (χ3v) is 2.34. The van der Waals surface area contributed by atoms with Crippen LogP contribution in [-0.2, 0) is 4.79 Å². The van der Waals surface area contributed by atoms with E-state index in [0.717, 1.165) is 0 Å². The van der Waals surface area contributed by atoms with Gasteiger partial charge in [-0.2, -0.15) is 5.26 Å². The molecule has 92 valence electrons. The molecular weight excluding hydrogens is 238 g/mol. The molecule has 0 saturated heterocycles. The predicted octanol–water partition coefficient (Wildman–Crippen LogP) is 1.42. The Morgan fingerprint density at radius 2 is 2.33 bits per heavy atom. The van der Waals surface area contributed by atoms with Gasteiger partial charge < -0.3 is 19.3 Å². The van der Waals surface area contributed by atoms with Crippen molar-refractivity contribution in [2.75, 3.05) is 13.9 Å². The Bertz CT molecular complexity index is 571. The van der Waals surface area contributed by atoms with Gasteiger partial charge >= 0.3 is 5.97 Å². The number of carbonyl (C=O) groups is 1. The van der Waals surface area contributed by atoms with Crippen molar-refractivity contribution in [3.8, 4) is 23.3 Å². The first-order chi connectivity index (χ1) is 8.65. The van der Waals surface area contributed by atoms with Crippen molar-refractivity contribution in [2.45, 2.75) is 0 Å². The van der Waals surface area contributed by atoms with E-state index in [-0.39, 0.29) is 12.4 Å². The largest absolute Gasteiger partial charge is 0.493 e. The maximum Gasteiger partial charge on any atom is 0.346 e. The Kier molecular flexibility index (Phi) is 3.06. The molecule has 1 aliphatic rings. The zero-order valence-electron chi connectivity index (χ0n) is 9.47. The van der Waals surface area contributed by atoms with Gasteiger partial charge in [-0.15, -0.1) is 0 Å². The van der Waals surface area contributed by atoms with Crippen molar-refractivity contribution in [1.82, 2.24) is 0 Å². The Balaban J connectivity index is 2.48. The molecule has 0 fully saturated rings. The van der Waals surface area contributed by atoms with Crippen molar-refractivity contribution in [3.05, 3.63) is 23.3 Å². The molecule has 0 atom stereocenters. The summed E-state index contributed by atoms with van der Waals surface area (Å²) < 4.78 is 15.5. The summed E-state index contributed by atoms with van der Waals surface area (Å²) in [6.45, 7) is 0.0862. The molecule has 2 rings (SSSR count). The van der Waals surface area contributed by atoms with Crippen molar-refractivity contribution in [1.29, 1.82) is 5.26 Å². The summed E-state index contributed by atoms with van der Waals surface area (Å²) in [4.78, 5) is 10.7. The van der Waals surface area contributed by atoms with E-state index < -0.39 is 5.97 Å². The molecule has 1 heterocycles. The maximum atomic E-state index is 10.7. The molecule has 1 aromatic carbocycles. The molecule has 1 N–H and O–H groups in total. The molecule has 1 aromatic rings. The number of aliphatic carboxylic acids is 1. The Morgan fingerprint density at radius 3 is 2.94 bits per heavy atom. The zero-order chi connectivity index (χ0) is 13.1. The third-order valence-electron chi connectivity index (χ3n) is 2.34. The number of carboxylic acid groups (broad SMARTS) is 1. The van der Waals surface area contributed by atoms with Gasteiger partial charge in [0.25, 0.3) is 0 Å². The fourth-order valence-electron chi connectivity index (χ4n) is 1.54. The highest BCUT2D eigenvalue weighted by Crippen LogP contribution is 2.42. The lowest BCUT2D eigenvalue weighted by molar-refractivity contribution is -0.132. The highest BCUT2D eigenvalue weighted by atomic mass is 16.7. The first kappa shape index (κ1) is 11.8. The topological polar surface area (TPSA) is 88.8 Å². The number of ether oxygens (including phenoxy) is 3. The molecule has 0 aliphatic carbocycles. The molecular formula is C12H9NO5. The standard InChI is InChI=1S/C12H9NO5/c1-16-9-3-7(2-8(5-13)12(14)15)4-10-11(9)18-6-17-10/h2-4H,6H2,1H3,(H,14,15)/b8-2+. The minimum Gasteiger partial charge on any atom is -0.493 e. The number of hydrogen-bond donors (Lipinski definition) is 1. The second kappa shape index (κ2) is 4.67. The number of nitriles is 1. The fraction of sp³-hybridized carbons (Fsp3) is 0.167. The Labute approximate surface area is 103 Å². The molecule has 0 saturated carbocycles. The number of hydrogen-bond acceptors (Lipinski definition) is 5. The average molecular weight is 247 g/mol. The van der Waals surface area contributed by atoms with E-state index >= 15 is 0 Å². The molecule has 18 heavy (non-hydrogen) atoms. The molecule has 0 bridgehead atoms. The van der Waals surface area contributed by atoms with Gasteiger partial charge in [-0.25, -0.2) is 4.79 Å². The Hall–Kier alpha value is -2.68. The molecule has 0 unspecified atom stereocenters. The van der Waals surface area contributed by atoms with Gasteiger partial charge in [-0.1, -0.05) is 0 Å². The van der Waals surface area contributed by atoms with Gasteiger partial charge in [0, 0.05) is 0 Å². The number of fused-ring (bicyclic) bond motifs is 1. The van der Waals surface area contributed by atoms with Gasteiger partial charge in [0.1, 0.15) is 11.6 Å². The van der Waals surface area contributed by atoms with E-state index in [2.05, 4.69) is 0 Å². The number of rotatable bonds is 3. The second-order valence-corrected chi connectivity index (χ2v) is 3.43. The summed E-state index contributed by atoms with van der Waals surface area (Å²) in [5, 5.41) is 17.5. The maximum absolute atomic E-state index is 10.7. The smallest absolute Gasteiger partial charge is 0.346 e. The van der Waals surface area contributed by atoms with Gasteiger partial charge in [0.05, 0.1) is 7.11 Å². The van der Waals surface area contributed by atoms with Crippen LogP contribution in [0.4, 0.5) is 0 Å². The van der Waals surface area contributed by atoms with Gasteiger partial charge in [-0.3, -0.25) is 0 Å². The Morgan fingerprint density at radius 1 is 1.56 bits per heavy atom. The van der Waals surface area contributed by atoms with E-state index in [1.54, 1.807) is 18.2 Å². The minimum absolute atomic E-state index is 0.0862. The van der Waals surface area contributed by atoms with Crippen molar-refractivity contribution in [2.24, 2.45) is 0 Å². The van der Waals surface area contributed by atoms with E-state index in [9.17, 15) is 4.79 Å². The van der Waals surface area contributed by atoms with E-state index in [4.69, 9.17) is 24.6 Å². The van der Waals surface area contributed by atoms with Crippen LogP contribution in [0, 0.1) is 11.3 Å². The monoisotopic (exact) mass is 247 g/mol. The quantitative estimate of drug-likeness (QED) is 0.641. The van der Waals surface area contributed by atoms with E-state index in [1.807, 2.05) is 0 Å². The summed E-state index contributed by atoms with van der Waals surface area (Å²) in [5.74, 6) is 0.0832. The number of methoxy groups -OCH3 is 1. The van der Waals surface area contributed by atoms with Crippen LogP contribution in [0.15, 0.2) is 17.7 Å².